The molecule has 0 bridgehead atoms. The molecule has 2 aliphatic rings. The highest BCUT2D eigenvalue weighted by molar-refractivity contribution is 5.95. The number of anilines is 1. The molecule has 0 spiro atoms. The number of fused-ring (bicyclic) bond motifs is 1. The van der Waals surface area contributed by atoms with Crippen LogP contribution in [0.4, 0.5) is 5.69 Å². The normalized spacial score (nSPS) is 23.0. The molecular formula is C20H25N5O2. The maximum absolute atomic E-state index is 12.5. The summed E-state index contributed by atoms with van der Waals surface area (Å²) in [6.07, 6.45) is 8.79. The number of nitrogens with one attached hydrogen (secondary N) is 1. The lowest BCUT2D eigenvalue weighted by molar-refractivity contribution is -0.140. The molecule has 2 fully saturated rings. The molecule has 3 heterocycles. The second-order valence-corrected chi connectivity index (χ2v) is 7.66. The lowest BCUT2D eigenvalue weighted by atomic mass is 9.75. The highest BCUT2D eigenvalue weighted by Crippen LogP contribution is 2.34. The summed E-state index contributed by atoms with van der Waals surface area (Å²) in [6.45, 7) is 5.32. The average Bonchev–Trinajstić information content (AvgIpc) is 3.05. The number of nitrogens with two attached hydrogens (primary N) is 1. The van der Waals surface area contributed by atoms with E-state index in [1.54, 1.807) is 6.08 Å². The topological polar surface area (TPSA) is 95.3 Å². The van der Waals surface area contributed by atoms with E-state index in [-0.39, 0.29) is 5.92 Å². The number of hydrogen-bond acceptors (Lipinski definition) is 4. The third kappa shape index (κ3) is 3.54. The summed E-state index contributed by atoms with van der Waals surface area (Å²) in [7, 11) is 0. The van der Waals surface area contributed by atoms with Gasteiger partial charge in [0, 0.05) is 55.3 Å². The fourth-order valence-electron chi connectivity index (χ4n) is 4.04. The Kier molecular flexibility index (Phi) is 4.59. The lowest BCUT2D eigenvalue weighted by Crippen LogP contribution is -2.51. The van der Waals surface area contributed by atoms with E-state index in [9.17, 15) is 9.59 Å². The number of carbonyl (C=O) groups is 2. The van der Waals surface area contributed by atoms with Gasteiger partial charge in [0.1, 0.15) is 5.65 Å². The maximum atomic E-state index is 12.5. The van der Waals surface area contributed by atoms with Crippen molar-refractivity contribution in [1.29, 1.82) is 0 Å². The molecule has 2 aromatic heterocycles. The van der Waals surface area contributed by atoms with E-state index in [0.29, 0.717) is 11.8 Å². The SMILES string of the molecule is C[C@H]1C[C@H](C(=O)N2CCN(c3cnc4[nH]cc(/C=C/C(N)=O)c4c3)CC2)C1. The number of pyridine rings is 1. The molecule has 1 saturated carbocycles. The van der Waals surface area contributed by atoms with Gasteiger partial charge in [0.25, 0.3) is 0 Å². The zero-order valence-electron chi connectivity index (χ0n) is 15.5. The van der Waals surface area contributed by atoms with Gasteiger partial charge >= 0.3 is 0 Å². The van der Waals surface area contributed by atoms with Crippen LogP contribution < -0.4 is 10.6 Å². The van der Waals surface area contributed by atoms with Crippen molar-refractivity contribution >= 4 is 34.6 Å². The first-order valence-electron chi connectivity index (χ1n) is 9.49. The van der Waals surface area contributed by atoms with Crippen LogP contribution in [0, 0.1) is 11.8 Å². The van der Waals surface area contributed by atoms with Crippen LogP contribution in [0.15, 0.2) is 24.5 Å². The van der Waals surface area contributed by atoms with E-state index in [0.717, 1.165) is 61.3 Å². The van der Waals surface area contributed by atoms with Gasteiger partial charge in [0.2, 0.25) is 11.8 Å². The van der Waals surface area contributed by atoms with E-state index in [1.807, 2.05) is 17.3 Å². The van der Waals surface area contributed by atoms with Crippen LogP contribution >= 0.6 is 0 Å². The number of nitrogens with zero attached hydrogens (tertiary/aromatic N) is 3. The van der Waals surface area contributed by atoms with Gasteiger partial charge < -0.3 is 20.5 Å². The molecule has 4 rings (SSSR count). The molecule has 3 N–H and O–H groups in total. The number of piperazine rings is 1. The molecule has 1 saturated heterocycles. The van der Waals surface area contributed by atoms with Crippen molar-refractivity contribution in [2.45, 2.75) is 19.8 Å². The average molecular weight is 367 g/mol. The number of amides is 2. The molecule has 0 unspecified atom stereocenters. The van der Waals surface area contributed by atoms with Gasteiger partial charge in [-0.25, -0.2) is 4.98 Å². The van der Waals surface area contributed by atoms with Crippen molar-refractivity contribution in [2.24, 2.45) is 17.6 Å². The van der Waals surface area contributed by atoms with Crippen LogP contribution in [-0.2, 0) is 9.59 Å². The molecule has 0 aromatic carbocycles. The van der Waals surface area contributed by atoms with Crippen molar-refractivity contribution in [3.63, 3.8) is 0 Å². The number of carbonyl (C=O) groups excluding carboxylic acids is 2. The fourth-order valence-corrected chi connectivity index (χ4v) is 4.04. The van der Waals surface area contributed by atoms with Crippen molar-refractivity contribution in [3.8, 4) is 0 Å². The monoisotopic (exact) mass is 367 g/mol. The van der Waals surface area contributed by atoms with E-state index in [1.165, 1.54) is 6.08 Å². The summed E-state index contributed by atoms with van der Waals surface area (Å²) in [4.78, 5) is 35.4. The summed E-state index contributed by atoms with van der Waals surface area (Å²) >= 11 is 0. The van der Waals surface area contributed by atoms with Gasteiger partial charge in [-0.3, -0.25) is 9.59 Å². The summed E-state index contributed by atoms with van der Waals surface area (Å²) in [5.74, 6) is 0.780. The summed E-state index contributed by atoms with van der Waals surface area (Å²) < 4.78 is 0. The first-order valence-corrected chi connectivity index (χ1v) is 9.49. The van der Waals surface area contributed by atoms with Crippen LogP contribution in [0.5, 0.6) is 0 Å². The minimum Gasteiger partial charge on any atom is -0.367 e. The number of aromatic nitrogens is 2. The summed E-state index contributed by atoms with van der Waals surface area (Å²) in [5.41, 5.74) is 7.87. The number of aromatic amines is 1. The molecular weight excluding hydrogens is 342 g/mol. The second-order valence-electron chi connectivity index (χ2n) is 7.66. The van der Waals surface area contributed by atoms with Gasteiger partial charge in [-0.05, 0) is 30.9 Å². The number of hydrogen-bond donors (Lipinski definition) is 2. The highest BCUT2D eigenvalue weighted by atomic mass is 16.2. The van der Waals surface area contributed by atoms with Gasteiger partial charge in [-0.15, -0.1) is 0 Å². The lowest BCUT2D eigenvalue weighted by Gasteiger charge is -2.40. The minimum atomic E-state index is -0.477. The maximum Gasteiger partial charge on any atom is 0.241 e. The Hall–Kier alpha value is -2.83. The summed E-state index contributed by atoms with van der Waals surface area (Å²) in [6, 6.07) is 2.07. The van der Waals surface area contributed by atoms with Gasteiger partial charge in [-0.1, -0.05) is 6.92 Å². The first-order chi connectivity index (χ1) is 13.0. The molecule has 142 valence electrons. The largest absolute Gasteiger partial charge is 0.367 e. The Morgan fingerprint density at radius 1 is 1.26 bits per heavy atom. The number of rotatable bonds is 4. The quantitative estimate of drug-likeness (QED) is 0.805. The molecule has 27 heavy (non-hydrogen) atoms. The first kappa shape index (κ1) is 17.6. The highest BCUT2D eigenvalue weighted by Gasteiger charge is 2.35. The van der Waals surface area contributed by atoms with Gasteiger partial charge in [0.15, 0.2) is 0 Å². The zero-order chi connectivity index (χ0) is 19.0. The van der Waals surface area contributed by atoms with Gasteiger partial charge in [0.05, 0.1) is 11.9 Å². The van der Waals surface area contributed by atoms with Crippen molar-refractivity contribution in [2.75, 3.05) is 31.1 Å². The third-order valence-corrected chi connectivity index (χ3v) is 5.66. The molecule has 1 aliphatic heterocycles. The number of H-pyrrole nitrogens is 1. The Morgan fingerprint density at radius 3 is 2.67 bits per heavy atom. The molecule has 7 nitrogen and oxygen atoms in total. The predicted octanol–water partition coefficient (Wildman–Crippen LogP) is 1.76. The van der Waals surface area contributed by atoms with Crippen molar-refractivity contribution in [3.05, 3.63) is 30.1 Å². The fraction of sp³-hybridized carbons (Fsp3) is 0.450. The summed E-state index contributed by atoms with van der Waals surface area (Å²) in [5, 5.41) is 0.951. The van der Waals surface area contributed by atoms with Crippen molar-refractivity contribution in [1.82, 2.24) is 14.9 Å². The number of primary amides is 1. The Bertz CT molecular complexity index is 889. The van der Waals surface area contributed by atoms with Crippen LogP contribution in [0.25, 0.3) is 17.1 Å². The zero-order valence-corrected chi connectivity index (χ0v) is 15.5. The standard InChI is InChI=1S/C20H25N5O2/c1-13-8-15(9-13)20(27)25-6-4-24(5-7-25)16-10-17-14(2-3-18(21)26)11-22-19(17)23-12-16/h2-3,10-13,15H,4-9H2,1H3,(H2,21,26)(H,22,23)/b3-2+/t13-,15-. The van der Waals surface area contributed by atoms with E-state index < -0.39 is 5.91 Å². The Morgan fingerprint density at radius 2 is 2.00 bits per heavy atom. The van der Waals surface area contributed by atoms with E-state index >= 15 is 0 Å². The molecule has 1 aliphatic carbocycles. The van der Waals surface area contributed by atoms with E-state index in [2.05, 4.69) is 27.9 Å². The molecule has 2 aromatic rings. The molecule has 0 radical (unpaired) electrons. The second kappa shape index (κ2) is 7.06. The predicted molar refractivity (Wildman–Crippen MR) is 105 cm³/mol. The van der Waals surface area contributed by atoms with E-state index in [4.69, 9.17) is 5.73 Å². The van der Waals surface area contributed by atoms with Crippen LogP contribution in [0.1, 0.15) is 25.3 Å². The molecule has 2 amide bonds. The van der Waals surface area contributed by atoms with Crippen LogP contribution in [0.3, 0.4) is 0 Å². The minimum absolute atomic E-state index is 0.240. The van der Waals surface area contributed by atoms with Crippen LogP contribution in [-0.4, -0.2) is 52.9 Å². The molecule has 7 heteroatoms. The van der Waals surface area contributed by atoms with Crippen LogP contribution in [0.2, 0.25) is 0 Å². The van der Waals surface area contributed by atoms with Crippen molar-refractivity contribution < 1.29 is 9.59 Å². The smallest absolute Gasteiger partial charge is 0.241 e. The molecule has 0 atom stereocenters. The third-order valence-electron chi connectivity index (χ3n) is 5.66. The Labute approximate surface area is 158 Å². The Balaban J connectivity index is 1.45. The van der Waals surface area contributed by atoms with Gasteiger partial charge in [-0.2, -0.15) is 0 Å².